The summed E-state index contributed by atoms with van der Waals surface area (Å²) in [7, 11) is -1.69. The molecular formula is C11H25ClSi. The Morgan fingerprint density at radius 3 is 1.31 bits per heavy atom. The lowest BCUT2D eigenvalue weighted by Crippen LogP contribution is -2.45. The van der Waals surface area contributed by atoms with Gasteiger partial charge in [0, 0.05) is 0 Å². The van der Waals surface area contributed by atoms with E-state index in [0.717, 1.165) is 0 Å². The zero-order valence-electron chi connectivity index (χ0n) is 10.3. The predicted molar refractivity (Wildman–Crippen MR) is 66.1 cm³/mol. The molecule has 0 spiro atoms. The molecule has 0 N–H and O–H groups in total. The van der Waals surface area contributed by atoms with Gasteiger partial charge in [-0.1, -0.05) is 60.9 Å². The van der Waals surface area contributed by atoms with E-state index in [-0.39, 0.29) is 0 Å². The topological polar surface area (TPSA) is 0 Å². The van der Waals surface area contributed by atoms with Crippen molar-refractivity contribution in [3.05, 3.63) is 0 Å². The van der Waals surface area contributed by atoms with E-state index >= 15 is 0 Å². The van der Waals surface area contributed by atoms with Gasteiger partial charge >= 0.3 is 0 Å². The van der Waals surface area contributed by atoms with Gasteiger partial charge in [-0.2, -0.15) is 11.1 Å². The maximum atomic E-state index is 6.86. The van der Waals surface area contributed by atoms with E-state index in [1.165, 1.54) is 12.8 Å². The molecule has 13 heavy (non-hydrogen) atoms. The number of rotatable bonds is 4. The maximum absolute atomic E-state index is 6.86. The largest absolute Gasteiger partial charge is 0.166 e. The van der Waals surface area contributed by atoms with Crippen LogP contribution in [0.15, 0.2) is 0 Å². The minimum atomic E-state index is -1.69. The fourth-order valence-electron chi connectivity index (χ4n) is 1.58. The van der Waals surface area contributed by atoms with Gasteiger partial charge in [0.05, 0.1) is 0 Å². The molecule has 0 heterocycles. The summed E-state index contributed by atoms with van der Waals surface area (Å²) in [6, 6.07) is 0. The van der Waals surface area contributed by atoms with Crippen molar-refractivity contribution in [3.63, 3.8) is 0 Å². The molecule has 0 fully saturated rings. The summed E-state index contributed by atoms with van der Waals surface area (Å²) in [6.45, 7) is 16.1. The Balaban J connectivity index is 4.95. The van der Waals surface area contributed by atoms with E-state index in [9.17, 15) is 0 Å². The molecule has 0 saturated heterocycles. The predicted octanol–water partition coefficient (Wildman–Crippen LogP) is 5.18. The summed E-state index contributed by atoms with van der Waals surface area (Å²) in [4.78, 5) is 0. The average molecular weight is 221 g/mol. The third-order valence-electron chi connectivity index (χ3n) is 4.31. The Kier molecular flexibility index (Phi) is 4.09. The van der Waals surface area contributed by atoms with Crippen molar-refractivity contribution in [1.29, 1.82) is 0 Å². The molecule has 0 aliphatic carbocycles. The minimum absolute atomic E-state index is 0.327. The van der Waals surface area contributed by atoms with Gasteiger partial charge in [-0.15, -0.1) is 0 Å². The lowest BCUT2D eigenvalue weighted by Gasteiger charge is -2.47. The first-order valence-corrected chi connectivity index (χ1v) is 8.82. The van der Waals surface area contributed by atoms with E-state index in [4.69, 9.17) is 11.1 Å². The quantitative estimate of drug-likeness (QED) is 0.453. The van der Waals surface area contributed by atoms with Crippen molar-refractivity contribution in [3.8, 4) is 0 Å². The summed E-state index contributed by atoms with van der Waals surface area (Å²) in [5.41, 5.74) is 0. The van der Waals surface area contributed by atoms with Gasteiger partial charge in [0.25, 0.3) is 0 Å². The smallest absolute Gasteiger partial charge is 0.164 e. The Bertz CT molecular complexity index is 153. The molecule has 0 rings (SSSR count). The number of halogens is 1. The third kappa shape index (κ3) is 2.30. The molecule has 0 aromatic carbocycles. The molecule has 0 saturated carbocycles. The van der Waals surface area contributed by atoms with Crippen molar-refractivity contribution in [2.45, 2.75) is 71.0 Å². The van der Waals surface area contributed by atoms with Gasteiger partial charge in [0.2, 0.25) is 0 Å². The van der Waals surface area contributed by atoms with Crippen LogP contribution in [0.3, 0.4) is 0 Å². The molecule has 0 aromatic heterocycles. The van der Waals surface area contributed by atoms with Crippen LogP contribution >= 0.6 is 11.1 Å². The molecule has 0 aromatic rings. The highest BCUT2D eigenvalue weighted by molar-refractivity contribution is 7.22. The number of hydrogen-bond donors (Lipinski definition) is 0. The highest BCUT2D eigenvalue weighted by Gasteiger charge is 2.50. The fraction of sp³-hybridized carbons (Fsp3) is 1.00. The summed E-state index contributed by atoms with van der Waals surface area (Å²) in [5, 5.41) is 0.655. The zero-order valence-corrected chi connectivity index (χ0v) is 12.0. The molecule has 0 aliphatic heterocycles. The molecule has 0 bridgehead atoms. The van der Waals surface area contributed by atoms with Crippen molar-refractivity contribution in [2.75, 3.05) is 0 Å². The van der Waals surface area contributed by atoms with E-state index in [2.05, 4.69) is 48.1 Å². The van der Waals surface area contributed by atoms with Crippen LogP contribution in [0, 0.1) is 0 Å². The molecule has 0 unspecified atom stereocenters. The second kappa shape index (κ2) is 3.94. The normalized spacial score (nSPS) is 14.8. The molecule has 0 atom stereocenters. The van der Waals surface area contributed by atoms with Crippen LogP contribution in [-0.4, -0.2) is 7.38 Å². The summed E-state index contributed by atoms with van der Waals surface area (Å²) in [5.74, 6) is 0. The maximum Gasteiger partial charge on any atom is 0.164 e. The van der Waals surface area contributed by atoms with Gasteiger partial charge in [0.15, 0.2) is 7.38 Å². The molecule has 0 amide bonds. The van der Waals surface area contributed by atoms with Crippen LogP contribution in [0.1, 0.15) is 54.4 Å². The SMILES string of the molecule is CCC(C)(C)[Si](C)(Cl)C(C)(C)CC. The minimum Gasteiger partial charge on any atom is -0.166 e. The van der Waals surface area contributed by atoms with Gasteiger partial charge in [-0.25, -0.2) is 0 Å². The summed E-state index contributed by atoms with van der Waals surface area (Å²) >= 11 is 6.86. The van der Waals surface area contributed by atoms with Crippen LogP contribution in [0.5, 0.6) is 0 Å². The second-order valence-corrected chi connectivity index (χ2v) is 12.5. The van der Waals surface area contributed by atoms with E-state index < -0.39 is 7.38 Å². The first-order chi connectivity index (χ1) is 5.62. The van der Waals surface area contributed by atoms with Gasteiger partial charge in [0.1, 0.15) is 0 Å². The Labute approximate surface area is 89.8 Å². The molecular weight excluding hydrogens is 196 g/mol. The first-order valence-electron chi connectivity index (χ1n) is 5.31. The molecule has 2 heteroatoms. The molecule has 0 nitrogen and oxygen atoms in total. The third-order valence-corrected chi connectivity index (χ3v) is 13.2. The average Bonchev–Trinajstić information content (AvgIpc) is 2.03. The lowest BCUT2D eigenvalue weighted by atomic mass is 10.1. The summed E-state index contributed by atoms with van der Waals surface area (Å²) in [6.07, 6.45) is 2.37. The van der Waals surface area contributed by atoms with Gasteiger partial charge in [-0.3, -0.25) is 0 Å². The van der Waals surface area contributed by atoms with Gasteiger partial charge in [-0.05, 0) is 10.1 Å². The Morgan fingerprint density at radius 2 is 1.15 bits per heavy atom. The fourth-order valence-corrected chi connectivity index (χ4v) is 5.54. The monoisotopic (exact) mass is 220 g/mol. The highest BCUT2D eigenvalue weighted by Crippen LogP contribution is 2.56. The van der Waals surface area contributed by atoms with Crippen LogP contribution in [0.2, 0.25) is 16.6 Å². The molecule has 0 aliphatic rings. The van der Waals surface area contributed by atoms with E-state index in [1.807, 2.05) is 0 Å². The van der Waals surface area contributed by atoms with E-state index in [1.54, 1.807) is 0 Å². The van der Waals surface area contributed by atoms with Crippen molar-refractivity contribution >= 4 is 18.5 Å². The van der Waals surface area contributed by atoms with Crippen LogP contribution in [0.4, 0.5) is 0 Å². The van der Waals surface area contributed by atoms with Crippen LogP contribution < -0.4 is 0 Å². The first kappa shape index (κ1) is 13.5. The van der Waals surface area contributed by atoms with Crippen molar-refractivity contribution in [2.24, 2.45) is 0 Å². The zero-order chi connectivity index (χ0) is 10.9. The number of hydrogen-bond acceptors (Lipinski definition) is 0. The standard InChI is InChI=1S/C11H25ClSi/c1-8-10(3,4)13(7,12)11(5,6)9-2/h8-9H2,1-7H3. The highest BCUT2D eigenvalue weighted by atomic mass is 35.6. The van der Waals surface area contributed by atoms with Crippen molar-refractivity contribution in [1.82, 2.24) is 0 Å². The van der Waals surface area contributed by atoms with Gasteiger partial charge < -0.3 is 0 Å². The van der Waals surface area contributed by atoms with Crippen molar-refractivity contribution < 1.29 is 0 Å². The lowest BCUT2D eigenvalue weighted by molar-refractivity contribution is 0.545. The molecule has 80 valence electrons. The Morgan fingerprint density at radius 1 is 0.923 bits per heavy atom. The van der Waals surface area contributed by atoms with Crippen LogP contribution in [0.25, 0.3) is 0 Å². The van der Waals surface area contributed by atoms with E-state index in [0.29, 0.717) is 10.1 Å². The van der Waals surface area contributed by atoms with Crippen LogP contribution in [-0.2, 0) is 0 Å². The Hall–Kier alpha value is 0.507. The second-order valence-electron chi connectivity index (χ2n) is 5.48. The molecule has 0 radical (unpaired) electrons. The summed E-state index contributed by atoms with van der Waals surface area (Å²) < 4.78 is 0.